The smallest absolute Gasteiger partial charge is 0.227 e. The van der Waals surface area contributed by atoms with Crippen molar-refractivity contribution in [1.82, 2.24) is 4.90 Å². The third-order valence-electron chi connectivity index (χ3n) is 4.47. The van der Waals surface area contributed by atoms with Gasteiger partial charge in [-0.2, -0.15) is 0 Å². The van der Waals surface area contributed by atoms with Gasteiger partial charge in [0.1, 0.15) is 6.10 Å². The lowest BCUT2D eigenvalue weighted by molar-refractivity contribution is -0.138. The van der Waals surface area contributed by atoms with Crippen LogP contribution in [-0.2, 0) is 16.0 Å². The Labute approximate surface area is 158 Å². The summed E-state index contributed by atoms with van der Waals surface area (Å²) in [7, 11) is 3.17. The van der Waals surface area contributed by atoms with Gasteiger partial charge in [-0.1, -0.05) is 35.9 Å². The number of carbonyl (C=O) groups excluding carboxylic acids is 1. The normalized spacial score (nSPS) is 17.0. The summed E-state index contributed by atoms with van der Waals surface area (Å²) in [6, 6.07) is 13.1. The Balaban J connectivity index is 1.69. The van der Waals surface area contributed by atoms with E-state index >= 15 is 0 Å². The maximum atomic E-state index is 12.7. The fraction of sp³-hybridized carbons (Fsp3) is 0.350. The standard InChI is InChI=1S/C20H22ClNO4/c1-24-17-8-7-14(11-18(17)25-2)12-20(23)22-9-10-26-19(13-22)15-5-3-4-6-16(15)21/h3-8,11,19H,9-10,12-13H2,1-2H3. The Morgan fingerprint density at radius 3 is 2.69 bits per heavy atom. The Kier molecular flexibility index (Phi) is 6.01. The first-order valence-corrected chi connectivity index (χ1v) is 8.85. The Hall–Kier alpha value is -2.24. The minimum Gasteiger partial charge on any atom is -0.493 e. The number of hydrogen-bond donors (Lipinski definition) is 0. The number of carbonyl (C=O) groups is 1. The molecule has 1 atom stereocenters. The first-order valence-electron chi connectivity index (χ1n) is 8.47. The molecule has 3 rings (SSSR count). The van der Waals surface area contributed by atoms with Crippen molar-refractivity contribution in [2.75, 3.05) is 33.9 Å². The van der Waals surface area contributed by atoms with Crippen molar-refractivity contribution in [1.29, 1.82) is 0 Å². The summed E-state index contributed by atoms with van der Waals surface area (Å²) in [5.41, 5.74) is 1.80. The third-order valence-corrected chi connectivity index (χ3v) is 4.82. The molecule has 0 spiro atoms. The van der Waals surface area contributed by atoms with Crippen molar-refractivity contribution < 1.29 is 19.0 Å². The van der Waals surface area contributed by atoms with Crippen LogP contribution in [0.3, 0.4) is 0 Å². The van der Waals surface area contributed by atoms with Crippen LogP contribution in [0, 0.1) is 0 Å². The van der Waals surface area contributed by atoms with Crippen molar-refractivity contribution in [3.8, 4) is 11.5 Å². The second-order valence-corrected chi connectivity index (χ2v) is 6.49. The predicted octanol–water partition coefficient (Wildman–Crippen LogP) is 3.50. The van der Waals surface area contributed by atoms with E-state index in [1.807, 2.05) is 47.4 Å². The summed E-state index contributed by atoms with van der Waals surface area (Å²) >= 11 is 6.27. The fourth-order valence-corrected chi connectivity index (χ4v) is 3.33. The molecule has 1 fully saturated rings. The van der Waals surface area contributed by atoms with Gasteiger partial charge in [-0.25, -0.2) is 0 Å². The predicted molar refractivity (Wildman–Crippen MR) is 100.0 cm³/mol. The zero-order valence-electron chi connectivity index (χ0n) is 14.9. The highest BCUT2D eigenvalue weighted by molar-refractivity contribution is 6.31. The van der Waals surface area contributed by atoms with Crippen molar-refractivity contribution in [2.45, 2.75) is 12.5 Å². The number of hydrogen-bond acceptors (Lipinski definition) is 4. The van der Waals surface area contributed by atoms with E-state index in [1.165, 1.54) is 0 Å². The summed E-state index contributed by atoms with van der Waals surface area (Å²) in [6.45, 7) is 1.57. The Morgan fingerprint density at radius 2 is 1.96 bits per heavy atom. The summed E-state index contributed by atoms with van der Waals surface area (Å²) in [4.78, 5) is 14.6. The zero-order valence-corrected chi connectivity index (χ0v) is 15.7. The molecule has 26 heavy (non-hydrogen) atoms. The van der Waals surface area contributed by atoms with Crippen molar-refractivity contribution in [3.05, 3.63) is 58.6 Å². The summed E-state index contributed by atoms with van der Waals surface area (Å²) in [6.07, 6.45) is 0.0992. The average Bonchev–Trinajstić information content (AvgIpc) is 2.68. The van der Waals surface area contributed by atoms with Crippen molar-refractivity contribution >= 4 is 17.5 Å². The third kappa shape index (κ3) is 4.11. The minimum atomic E-state index is -0.202. The van der Waals surface area contributed by atoms with Crippen LogP contribution in [0.1, 0.15) is 17.2 Å². The molecule has 1 aliphatic rings. The molecule has 1 unspecified atom stereocenters. The SMILES string of the molecule is COc1ccc(CC(=O)N2CCOC(c3ccccc3Cl)C2)cc1OC. The molecule has 1 aliphatic heterocycles. The average molecular weight is 376 g/mol. The van der Waals surface area contributed by atoms with Crippen LogP contribution < -0.4 is 9.47 Å². The second-order valence-electron chi connectivity index (χ2n) is 6.09. The van der Waals surface area contributed by atoms with Gasteiger partial charge in [0.05, 0.1) is 33.8 Å². The van der Waals surface area contributed by atoms with Gasteiger partial charge in [0.2, 0.25) is 5.91 Å². The lowest BCUT2D eigenvalue weighted by Crippen LogP contribution is -2.43. The van der Waals surface area contributed by atoms with E-state index in [0.717, 1.165) is 11.1 Å². The zero-order chi connectivity index (χ0) is 18.5. The Morgan fingerprint density at radius 1 is 1.19 bits per heavy atom. The molecule has 0 N–H and O–H groups in total. The number of benzene rings is 2. The molecule has 0 aliphatic carbocycles. The van der Waals surface area contributed by atoms with Crippen LogP contribution in [0.25, 0.3) is 0 Å². The maximum Gasteiger partial charge on any atom is 0.227 e. The molecule has 0 bridgehead atoms. The van der Waals surface area contributed by atoms with Crippen molar-refractivity contribution in [2.24, 2.45) is 0 Å². The van der Waals surface area contributed by atoms with Crippen molar-refractivity contribution in [3.63, 3.8) is 0 Å². The van der Waals surface area contributed by atoms with E-state index < -0.39 is 0 Å². The van der Waals surface area contributed by atoms with E-state index in [1.54, 1.807) is 14.2 Å². The highest BCUT2D eigenvalue weighted by Gasteiger charge is 2.26. The molecule has 0 aromatic heterocycles. The van der Waals surface area contributed by atoms with Gasteiger partial charge in [-0.15, -0.1) is 0 Å². The Bertz CT molecular complexity index is 780. The first-order chi connectivity index (χ1) is 12.6. The minimum absolute atomic E-state index is 0.0533. The summed E-state index contributed by atoms with van der Waals surface area (Å²) in [5, 5.41) is 0.659. The first kappa shape index (κ1) is 18.5. The molecule has 0 saturated carbocycles. The number of morpholine rings is 1. The molecule has 1 heterocycles. The highest BCUT2D eigenvalue weighted by atomic mass is 35.5. The van der Waals surface area contributed by atoms with Crippen LogP contribution in [0.5, 0.6) is 11.5 Å². The molecular formula is C20H22ClNO4. The van der Waals surface area contributed by atoms with Gasteiger partial charge in [0.25, 0.3) is 0 Å². The van der Waals surface area contributed by atoms with Gasteiger partial charge in [0, 0.05) is 17.1 Å². The number of ether oxygens (including phenoxy) is 3. The van der Waals surface area contributed by atoms with Gasteiger partial charge in [-0.05, 0) is 23.8 Å². The van der Waals surface area contributed by atoms with E-state index in [9.17, 15) is 4.79 Å². The van der Waals surface area contributed by atoms with Crippen LogP contribution in [0.4, 0.5) is 0 Å². The molecule has 0 radical (unpaired) electrons. The lowest BCUT2D eigenvalue weighted by atomic mass is 10.1. The van der Waals surface area contributed by atoms with E-state index in [0.29, 0.717) is 42.6 Å². The fourth-order valence-electron chi connectivity index (χ4n) is 3.08. The van der Waals surface area contributed by atoms with Gasteiger partial charge in [0.15, 0.2) is 11.5 Å². The monoisotopic (exact) mass is 375 g/mol. The van der Waals surface area contributed by atoms with Crippen LogP contribution in [0.15, 0.2) is 42.5 Å². The number of amides is 1. The number of rotatable bonds is 5. The van der Waals surface area contributed by atoms with Crippen LogP contribution in [0.2, 0.25) is 5.02 Å². The molecule has 6 heteroatoms. The van der Waals surface area contributed by atoms with Gasteiger partial charge >= 0.3 is 0 Å². The molecular weight excluding hydrogens is 354 g/mol. The molecule has 1 amide bonds. The highest BCUT2D eigenvalue weighted by Crippen LogP contribution is 2.30. The maximum absolute atomic E-state index is 12.7. The van der Waals surface area contributed by atoms with Crippen LogP contribution in [-0.4, -0.2) is 44.7 Å². The van der Waals surface area contributed by atoms with E-state index in [4.69, 9.17) is 25.8 Å². The lowest BCUT2D eigenvalue weighted by Gasteiger charge is -2.33. The number of halogens is 1. The van der Waals surface area contributed by atoms with E-state index in [2.05, 4.69) is 0 Å². The van der Waals surface area contributed by atoms with Gasteiger partial charge < -0.3 is 19.1 Å². The van der Waals surface area contributed by atoms with E-state index in [-0.39, 0.29) is 12.0 Å². The summed E-state index contributed by atoms with van der Waals surface area (Å²) in [5.74, 6) is 1.32. The molecule has 1 saturated heterocycles. The molecule has 2 aromatic rings. The largest absolute Gasteiger partial charge is 0.493 e. The number of nitrogens with zero attached hydrogens (tertiary/aromatic N) is 1. The molecule has 5 nitrogen and oxygen atoms in total. The molecule has 2 aromatic carbocycles. The topological polar surface area (TPSA) is 48.0 Å². The quantitative estimate of drug-likeness (QED) is 0.802. The van der Waals surface area contributed by atoms with Crippen LogP contribution >= 0.6 is 11.6 Å². The molecule has 138 valence electrons. The number of methoxy groups -OCH3 is 2. The summed E-state index contributed by atoms with van der Waals surface area (Å²) < 4.78 is 16.4. The van der Waals surface area contributed by atoms with Gasteiger partial charge in [-0.3, -0.25) is 4.79 Å². The second kappa shape index (κ2) is 8.43.